The van der Waals surface area contributed by atoms with Crippen molar-refractivity contribution in [3.8, 4) is 0 Å². The summed E-state index contributed by atoms with van der Waals surface area (Å²) in [4.78, 5) is 10.3. The molecule has 76 valence electrons. The Morgan fingerprint density at radius 2 is 2.29 bits per heavy atom. The molecule has 1 saturated carbocycles. The normalized spacial score (nSPS) is 18.1. The van der Waals surface area contributed by atoms with Crippen molar-refractivity contribution in [1.82, 2.24) is 10.2 Å². The minimum Gasteiger partial charge on any atom is -0.481 e. The van der Waals surface area contributed by atoms with Crippen LogP contribution in [-0.2, 0) is 16.6 Å². The average molecular weight is 212 g/mol. The van der Waals surface area contributed by atoms with Crippen LogP contribution in [0.1, 0.15) is 36.2 Å². The second-order valence-corrected chi connectivity index (χ2v) is 5.02. The van der Waals surface area contributed by atoms with Crippen LogP contribution in [0.3, 0.4) is 0 Å². The standard InChI is InChI=1S/C9H12N2O2S/c1-9(4-5-9)8-11-10-6(14-8)2-3-7(12)13/h2-5H2,1H3,(H,12,13). The van der Waals surface area contributed by atoms with Gasteiger partial charge in [0, 0.05) is 11.8 Å². The fourth-order valence-corrected chi connectivity index (χ4v) is 2.25. The first-order valence-electron chi connectivity index (χ1n) is 4.65. The second-order valence-electron chi connectivity index (χ2n) is 3.96. The summed E-state index contributed by atoms with van der Waals surface area (Å²) in [6.45, 7) is 2.18. The van der Waals surface area contributed by atoms with Gasteiger partial charge in [0.25, 0.3) is 0 Å². The third-order valence-electron chi connectivity index (χ3n) is 2.54. The third kappa shape index (κ3) is 1.92. The number of carboxylic acid groups (broad SMARTS) is 1. The smallest absolute Gasteiger partial charge is 0.303 e. The van der Waals surface area contributed by atoms with E-state index in [1.54, 1.807) is 11.3 Å². The maximum Gasteiger partial charge on any atom is 0.303 e. The fourth-order valence-electron chi connectivity index (χ4n) is 1.21. The molecule has 2 rings (SSSR count). The number of hydrogen-bond donors (Lipinski definition) is 1. The molecule has 0 bridgehead atoms. The molecule has 0 unspecified atom stereocenters. The van der Waals surface area contributed by atoms with E-state index in [9.17, 15) is 4.79 Å². The molecule has 4 nitrogen and oxygen atoms in total. The highest BCUT2D eigenvalue weighted by Gasteiger charge is 2.42. The van der Waals surface area contributed by atoms with Gasteiger partial charge in [0.15, 0.2) is 0 Å². The van der Waals surface area contributed by atoms with Crippen molar-refractivity contribution in [2.45, 2.75) is 38.0 Å². The van der Waals surface area contributed by atoms with Gasteiger partial charge in [-0.25, -0.2) is 0 Å². The number of aryl methyl sites for hydroxylation is 1. The number of rotatable bonds is 4. The Morgan fingerprint density at radius 1 is 1.57 bits per heavy atom. The first-order chi connectivity index (χ1) is 6.60. The van der Waals surface area contributed by atoms with Gasteiger partial charge in [-0.2, -0.15) is 0 Å². The van der Waals surface area contributed by atoms with Crippen LogP contribution in [0.25, 0.3) is 0 Å². The number of hydrogen-bond acceptors (Lipinski definition) is 4. The molecule has 0 amide bonds. The summed E-state index contributed by atoms with van der Waals surface area (Å²) in [6.07, 6.45) is 3.01. The molecule has 0 atom stereocenters. The summed E-state index contributed by atoms with van der Waals surface area (Å²) in [5, 5.41) is 18.5. The monoisotopic (exact) mass is 212 g/mol. The molecule has 1 aliphatic carbocycles. The average Bonchev–Trinajstić information content (AvgIpc) is 2.70. The van der Waals surface area contributed by atoms with E-state index in [1.807, 2.05) is 0 Å². The summed E-state index contributed by atoms with van der Waals surface area (Å²) in [5.74, 6) is -0.778. The van der Waals surface area contributed by atoms with Gasteiger partial charge in [-0.15, -0.1) is 21.5 Å². The summed E-state index contributed by atoms with van der Waals surface area (Å²) < 4.78 is 0. The van der Waals surface area contributed by atoms with Crippen LogP contribution in [-0.4, -0.2) is 21.3 Å². The molecule has 0 saturated heterocycles. The Bertz CT molecular complexity index is 357. The van der Waals surface area contributed by atoms with Crippen molar-refractivity contribution in [3.05, 3.63) is 10.0 Å². The molecule has 1 aromatic rings. The van der Waals surface area contributed by atoms with Crippen LogP contribution in [0.15, 0.2) is 0 Å². The van der Waals surface area contributed by atoms with Crippen LogP contribution in [0.2, 0.25) is 0 Å². The van der Waals surface area contributed by atoms with Crippen molar-refractivity contribution < 1.29 is 9.90 Å². The van der Waals surface area contributed by atoms with Gasteiger partial charge in [-0.1, -0.05) is 6.92 Å². The lowest BCUT2D eigenvalue weighted by atomic mass is 10.2. The molecule has 1 N–H and O–H groups in total. The van der Waals surface area contributed by atoms with Crippen molar-refractivity contribution in [2.24, 2.45) is 0 Å². The lowest BCUT2D eigenvalue weighted by Crippen LogP contribution is -1.97. The predicted octanol–water partition coefficient (Wildman–Crippen LogP) is 1.61. The molecule has 0 aliphatic heterocycles. The molecular formula is C9H12N2O2S. The molecule has 0 spiro atoms. The number of carbonyl (C=O) groups is 1. The summed E-state index contributed by atoms with van der Waals surface area (Å²) in [5.41, 5.74) is 0.249. The summed E-state index contributed by atoms with van der Waals surface area (Å²) >= 11 is 1.56. The van der Waals surface area contributed by atoms with Crippen molar-refractivity contribution in [3.63, 3.8) is 0 Å². The van der Waals surface area contributed by atoms with E-state index in [4.69, 9.17) is 5.11 Å². The van der Waals surface area contributed by atoms with Gasteiger partial charge in [0.1, 0.15) is 10.0 Å². The maximum absolute atomic E-state index is 10.3. The van der Waals surface area contributed by atoms with E-state index in [1.165, 1.54) is 12.8 Å². The molecule has 0 radical (unpaired) electrons. The zero-order valence-electron chi connectivity index (χ0n) is 7.99. The number of aromatic nitrogens is 2. The lowest BCUT2D eigenvalue weighted by Gasteiger charge is -1.98. The van der Waals surface area contributed by atoms with Crippen LogP contribution in [0.4, 0.5) is 0 Å². The number of nitrogens with zero attached hydrogens (tertiary/aromatic N) is 2. The quantitative estimate of drug-likeness (QED) is 0.823. The fraction of sp³-hybridized carbons (Fsp3) is 0.667. The van der Waals surface area contributed by atoms with Gasteiger partial charge in [-0.05, 0) is 12.8 Å². The van der Waals surface area contributed by atoms with Gasteiger partial charge in [0.2, 0.25) is 0 Å². The van der Waals surface area contributed by atoms with Crippen molar-refractivity contribution in [1.29, 1.82) is 0 Å². The Hall–Kier alpha value is -0.970. The molecule has 14 heavy (non-hydrogen) atoms. The van der Waals surface area contributed by atoms with Gasteiger partial charge in [-0.3, -0.25) is 4.79 Å². The Balaban J connectivity index is 1.99. The highest BCUT2D eigenvalue weighted by Crippen LogP contribution is 2.48. The van der Waals surface area contributed by atoms with Crippen molar-refractivity contribution in [2.75, 3.05) is 0 Å². The number of carboxylic acids is 1. The number of aliphatic carboxylic acids is 1. The minimum atomic E-state index is -0.778. The van der Waals surface area contributed by atoms with E-state index in [-0.39, 0.29) is 11.8 Å². The summed E-state index contributed by atoms with van der Waals surface area (Å²) in [6, 6.07) is 0. The second kappa shape index (κ2) is 3.31. The topological polar surface area (TPSA) is 63.1 Å². The van der Waals surface area contributed by atoms with E-state index in [0.29, 0.717) is 6.42 Å². The molecule has 5 heteroatoms. The highest BCUT2D eigenvalue weighted by molar-refractivity contribution is 7.11. The highest BCUT2D eigenvalue weighted by atomic mass is 32.1. The maximum atomic E-state index is 10.3. The Morgan fingerprint density at radius 3 is 2.86 bits per heavy atom. The largest absolute Gasteiger partial charge is 0.481 e. The third-order valence-corrected chi connectivity index (χ3v) is 3.83. The molecule has 1 heterocycles. The minimum absolute atomic E-state index is 0.144. The van der Waals surface area contributed by atoms with Gasteiger partial charge >= 0.3 is 5.97 Å². The molecule has 1 aliphatic rings. The van der Waals surface area contributed by atoms with E-state index in [0.717, 1.165) is 10.0 Å². The Kier molecular flexibility index (Phi) is 2.26. The van der Waals surface area contributed by atoms with E-state index >= 15 is 0 Å². The van der Waals surface area contributed by atoms with Gasteiger partial charge in [0.05, 0.1) is 6.42 Å². The SMILES string of the molecule is CC1(c2nnc(CCC(=O)O)s2)CC1. The predicted molar refractivity (Wildman–Crippen MR) is 52.5 cm³/mol. The molecule has 1 aromatic heterocycles. The molecule has 0 aromatic carbocycles. The van der Waals surface area contributed by atoms with Crippen LogP contribution in [0, 0.1) is 0 Å². The van der Waals surface area contributed by atoms with Gasteiger partial charge < -0.3 is 5.11 Å². The van der Waals surface area contributed by atoms with Crippen LogP contribution >= 0.6 is 11.3 Å². The zero-order chi connectivity index (χ0) is 10.2. The van der Waals surface area contributed by atoms with Crippen LogP contribution in [0.5, 0.6) is 0 Å². The first-order valence-corrected chi connectivity index (χ1v) is 5.46. The lowest BCUT2D eigenvalue weighted by molar-refractivity contribution is -0.136. The molecule has 1 fully saturated rings. The van der Waals surface area contributed by atoms with Crippen LogP contribution < -0.4 is 0 Å². The van der Waals surface area contributed by atoms with E-state index < -0.39 is 5.97 Å². The van der Waals surface area contributed by atoms with Crippen molar-refractivity contribution >= 4 is 17.3 Å². The van der Waals surface area contributed by atoms with E-state index in [2.05, 4.69) is 17.1 Å². The molecular weight excluding hydrogens is 200 g/mol. The summed E-state index contributed by atoms with van der Waals surface area (Å²) in [7, 11) is 0. The first kappa shape index (κ1) is 9.58. The Labute approximate surface area is 86.0 Å². The zero-order valence-corrected chi connectivity index (χ0v) is 8.80.